The molecule has 0 amide bonds. The van der Waals surface area contributed by atoms with Crippen molar-refractivity contribution in [3.05, 3.63) is 61.9 Å². The third-order valence-corrected chi connectivity index (χ3v) is 6.88. The summed E-state index contributed by atoms with van der Waals surface area (Å²) in [5, 5.41) is 16.0. The van der Waals surface area contributed by atoms with Crippen molar-refractivity contribution < 1.29 is 9.53 Å². The van der Waals surface area contributed by atoms with Gasteiger partial charge in [0.15, 0.2) is 0 Å². The molecule has 3 aromatic rings. The van der Waals surface area contributed by atoms with E-state index in [2.05, 4.69) is 42.4 Å². The second-order valence-corrected chi connectivity index (χ2v) is 8.94. The first kappa shape index (κ1) is 21.8. The van der Waals surface area contributed by atoms with Gasteiger partial charge in [-0.1, -0.05) is 12.1 Å². The van der Waals surface area contributed by atoms with E-state index >= 15 is 0 Å². The number of allylic oxidation sites excluding steroid dienone is 1. The number of hydrogen-bond donors (Lipinski definition) is 1. The molecular formula is C23H23N3O2S2. The van der Waals surface area contributed by atoms with Crippen LogP contribution in [0.25, 0.3) is 16.8 Å². The zero-order valence-electron chi connectivity index (χ0n) is 17.6. The van der Waals surface area contributed by atoms with Crippen molar-refractivity contribution in [1.82, 2.24) is 4.98 Å². The van der Waals surface area contributed by atoms with Crippen molar-refractivity contribution in [2.45, 2.75) is 34.6 Å². The maximum absolute atomic E-state index is 12.3. The van der Waals surface area contributed by atoms with E-state index in [0.29, 0.717) is 27.8 Å². The van der Waals surface area contributed by atoms with Crippen LogP contribution in [0, 0.1) is 39.0 Å². The van der Waals surface area contributed by atoms with Gasteiger partial charge < -0.3 is 10.1 Å². The summed E-state index contributed by atoms with van der Waals surface area (Å²) in [5.74, 6) is -0.361. The molecule has 154 valence electrons. The van der Waals surface area contributed by atoms with Crippen LogP contribution in [0.1, 0.15) is 43.9 Å². The molecule has 0 saturated heterocycles. The number of nitrogens with one attached hydrogen (secondary N) is 1. The zero-order valence-corrected chi connectivity index (χ0v) is 19.3. The number of nitriles is 1. The molecule has 0 unspecified atom stereocenters. The molecule has 2 heterocycles. The Labute approximate surface area is 184 Å². The lowest BCUT2D eigenvalue weighted by atomic mass is 10.1. The average Bonchev–Trinajstić information content (AvgIpc) is 3.30. The standard InChI is InChI=1S/C23H23N3O2S2/c1-6-28-23(27)20-15(4)16(5)30-22(20)25-11-18(10-24)21-26-19(12-29-21)17-8-7-13(2)14(3)9-17/h7-9,11-12,25H,6H2,1-5H3. The minimum absolute atomic E-state index is 0.312. The molecule has 3 rings (SSSR count). The first-order valence-electron chi connectivity index (χ1n) is 9.53. The highest BCUT2D eigenvalue weighted by molar-refractivity contribution is 7.16. The van der Waals surface area contributed by atoms with Crippen LogP contribution in [0.3, 0.4) is 0 Å². The number of nitrogens with zero attached hydrogens (tertiary/aromatic N) is 2. The molecule has 0 aliphatic carbocycles. The topological polar surface area (TPSA) is 75.0 Å². The maximum atomic E-state index is 12.3. The van der Waals surface area contributed by atoms with Crippen LogP contribution in [0.5, 0.6) is 0 Å². The van der Waals surface area contributed by atoms with E-state index in [0.717, 1.165) is 21.7 Å². The Morgan fingerprint density at radius 2 is 2.03 bits per heavy atom. The smallest absolute Gasteiger partial charge is 0.341 e. The van der Waals surface area contributed by atoms with Crippen LogP contribution in [0.2, 0.25) is 0 Å². The number of thiophene rings is 1. The molecular weight excluding hydrogens is 414 g/mol. The normalized spacial score (nSPS) is 11.3. The minimum Gasteiger partial charge on any atom is -0.462 e. The Kier molecular flexibility index (Phi) is 6.70. The summed E-state index contributed by atoms with van der Waals surface area (Å²) < 4.78 is 5.18. The first-order chi connectivity index (χ1) is 14.3. The number of ether oxygens (including phenoxy) is 1. The molecule has 0 aliphatic heterocycles. The van der Waals surface area contributed by atoms with E-state index in [1.165, 1.54) is 33.8 Å². The van der Waals surface area contributed by atoms with Gasteiger partial charge in [0, 0.05) is 22.0 Å². The summed E-state index contributed by atoms with van der Waals surface area (Å²) in [6.45, 7) is 10.1. The number of esters is 1. The number of aryl methyl sites for hydroxylation is 3. The molecule has 30 heavy (non-hydrogen) atoms. The van der Waals surface area contributed by atoms with E-state index in [9.17, 15) is 10.1 Å². The lowest BCUT2D eigenvalue weighted by Gasteiger charge is -2.05. The van der Waals surface area contributed by atoms with Crippen LogP contribution < -0.4 is 5.32 Å². The van der Waals surface area contributed by atoms with E-state index in [1.54, 1.807) is 13.1 Å². The Balaban J connectivity index is 1.89. The maximum Gasteiger partial charge on any atom is 0.341 e. The molecule has 0 fully saturated rings. The van der Waals surface area contributed by atoms with E-state index in [1.807, 2.05) is 25.3 Å². The Bertz CT molecular complexity index is 1170. The lowest BCUT2D eigenvalue weighted by molar-refractivity contribution is 0.0527. The Morgan fingerprint density at radius 3 is 2.70 bits per heavy atom. The van der Waals surface area contributed by atoms with Gasteiger partial charge >= 0.3 is 5.97 Å². The quantitative estimate of drug-likeness (QED) is 0.364. The van der Waals surface area contributed by atoms with Crippen LogP contribution in [0.15, 0.2) is 29.8 Å². The number of anilines is 1. The third kappa shape index (κ3) is 4.45. The molecule has 5 nitrogen and oxygen atoms in total. The van der Waals surface area contributed by atoms with Crippen molar-refractivity contribution >= 4 is 39.2 Å². The van der Waals surface area contributed by atoms with Gasteiger partial charge in [0.2, 0.25) is 0 Å². The third-order valence-electron chi connectivity index (χ3n) is 4.87. The molecule has 7 heteroatoms. The van der Waals surface area contributed by atoms with Crippen molar-refractivity contribution in [1.29, 1.82) is 5.26 Å². The largest absolute Gasteiger partial charge is 0.462 e. The Hall–Kier alpha value is -2.95. The van der Waals surface area contributed by atoms with Gasteiger partial charge in [-0.25, -0.2) is 9.78 Å². The monoisotopic (exact) mass is 437 g/mol. The van der Waals surface area contributed by atoms with Gasteiger partial charge in [0.25, 0.3) is 0 Å². The summed E-state index contributed by atoms with van der Waals surface area (Å²) in [6, 6.07) is 8.42. The molecule has 0 saturated carbocycles. The van der Waals surface area contributed by atoms with Gasteiger partial charge in [-0.2, -0.15) is 5.26 Å². The number of hydrogen-bond acceptors (Lipinski definition) is 7. The van der Waals surface area contributed by atoms with Gasteiger partial charge in [0.05, 0.1) is 17.9 Å². The van der Waals surface area contributed by atoms with E-state index < -0.39 is 0 Å². The van der Waals surface area contributed by atoms with Crippen molar-refractivity contribution in [2.75, 3.05) is 11.9 Å². The number of benzene rings is 1. The summed E-state index contributed by atoms with van der Waals surface area (Å²) in [6.07, 6.45) is 1.61. The summed E-state index contributed by atoms with van der Waals surface area (Å²) in [5.41, 5.74) is 6.12. The number of carbonyl (C=O) groups excluding carboxylic acids is 1. The minimum atomic E-state index is -0.361. The number of thiazole rings is 1. The number of rotatable bonds is 6. The van der Waals surface area contributed by atoms with Crippen LogP contribution >= 0.6 is 22.7 Å². The average molecular weight is 438 g/mol. The predicted molar refractivity (Wildman–Crippen MR) is 124 cm³/mol. The molecule has 1 N–H and O–H groups in total. The Morgan fingerprint density at radius 1 is 1.27 bits per heavy atom. The molecule has 2 aromatic heterocycles. The fraction of sp³-hybridized carbons (Fsp3) is 0.261. The fourth-order valence-electron chi connectivity index (χ4n) is 2.89. The molecule has 0 radical (unpaired) electrons. The van der Waals surface area contributed by atoms with Gasteiger partial charge in [0.1, 0.15) is 21.7 Å². The first-order valence-corrected chi connectivity index (χ1v) is 11.2. The molecule has 0 atom stereocenters. The van der Waals surface area contributed by atoms with Crippen LogP contribution in [-0.4, -0.2) is 17.6 Å². The second kappa shape index (κ2) is 9.24. The highest BCUT2D eigenvalue weighted by Crippen LogP contribution is 2.34. The molecule has 1 aromatic carbocycles. The van der Waals surface area contributed by atoms with Crippen molar-refractivity contribution in [2.24, 2.45) is 0 Å². The fourth-order valence-corrected chi connectivity index (χ4v) is 4.70. The summed E-state index contributed by atoms with van der Waals surface area (Å²) in [4.78, 5) is 18.0. The summed E-state index contributed by atoms with van der Waals surface area (Å²) >= 11 is 2.88. The van der Waals surface area contributed by atoms with Gasteiger partial charge in [-0.15, -0.1) is 22.7 Å². The van der Waals surface area contributed by atoms with Gasteiger partial charge in [-0.3, -0.25) is 0 Å². The SMILES string of the molecule is CCOC(=O)c1c(NC=C(C#N)c2nc(-c3ccc(C)c(C)c3)cs2)sc(C)c1C. The zero-order chi connectivity index (χ0) is 21.8. The summed E-state index contributed by atoms with van der Waals surface area (Å²) in [7, 11) is 0. The van der Waals surface area contributed by atoms with Crippen LogP contribution in [-0.2, 0) is 4.74 Å². The van der Waals surface area contributed by atoms with E-state index in [4.69, 9.17) is 4.74 Å². The molecule has 0 spiro atoms. The number of carbonyl (C=O) groups is 1. The second-order valence-electron chi connectivity index (χ2n) is 6.86. The highest BCUT2D eigenvalue weighted by Gasteiger charge is 2.20. The molecule has 0 aliphatic rings. The highest BCUT2D eigenvalue weighted by atomic mass is 32.1. The van der Waals surface area contributed by atoms with Crippen LogP contribution in [0.4, 0.5) is 5.00 Å². The lowest BCUT2D eigenvalue weighted by Crippen LogP contribution is -2.07. The molecule has 0 bridgehead atoms. The van der Waals surface area contributed by atoms with Crippen molar-refractivity contribution in [3.63, 3.8) is 0 Å². The predicted octanol–water partition coefficient (Wildman–Crippen LogP) is 6.26. The van der Waals surface area contributed by atoms with Crippen molar-refractivity contribution in [3.8, 4) is 17.3 Å². The van der Waals surface area contributed by atoms with Gasteiger partial charge in [-0.05, 0) is 57.4 Å². The van der Waals surface area contributed by atoms with E-state index in [-0.39, 0.29) is 5.97 Å². The number of aromatic nitrogens is 1.